The monoisotopic (exact) mass is 764 g/mol. The zero-order valence-corrected chi connectivity index (χ0v) is 29.8. The van der Waals surface area contributed by atoms with Gasteiger partial charge in [0.15, 0.2) is 0 Å². The molecule has 4 atom stereocenters. The highest BCUT2D eigenvalue weighted by Crippen LogP contribution is 2.36. The van der Waals surface area contributed by atoms with Crippen molar-refractivity contribution in [2.24, 2.45) is 0 Å². The van der Waals surface area contributed by atoms with Gasteiger partial charge < -0.3 is 25.3 Å². The van der Waals surface area contributed by atoms with E-state index in [4.69, 9.17) is 54.5 Å². The van der Waals surface area contributed by atoms with E-state index in [2.05, 4.69) is 35.9 Å². The zero-order chi connectivity index (χ0) is 47.4. The topological polar surface area (TPSA) is 170 Å². The fourth-order valence-corrected chi connectivity index (χ4v) is 4.81. The van der Waals surface area contributed by atoms with Crippen LogP contribution in [0.4, 0.5) is 22.7 Å². The zero-order valence-electron chi connectivity index (χ0n) is 38.3. The van der Waals surface area contributed by atoms with E-state index in [0.29, 0.717) is 28.2 Å². The molecule has 272 valence electrons. The number of hydrazine groups is 1. The normalized spacial score (nSPS) is 15.4. The van der Waals surface area contributed by atoms with Gasteiger partial charge in [-0.3, -0.25) is 20.4 Å². The highest BCUT2D eigenvalue weighted by molar-refractivity contribution is 6.34. The maximum Gasteiger partial charge on any atom is 0.269 e. The Labute approximate surface area is 330 Å². The van der Waals surface area contributed by atoms with Crippen molar-refractivity contribution in [3.63, 3.8) is 0 Å². The molecule has 4 aromatic carbocycles. The first kappa shape index (κ1) is 27.7. The molecule has 53 heavy (non-hydrogen) atoms. The molecule has 0 aliphatic rings. The third kappa shape index (κ3) is 10.1. The van der Waals surface area contributed by atoms with Gasteiger partial charge in [-0.1, -0.05) is 71.6 Å². The molecule has 13 nitrogen and oxygen atoms in total. The number of benzene rings is 4. The molecule has 0 aliphatic carbocycles. The second-order valence-electron chi connectivity index (χ2n) is 11.0. The Morgan fingerprint density at radius 3 is 1.83 bits per heavy atom. The van der Waals surface area contributed by atoms with Crippen LogP contribution in [0.5, 0.6) is 0 Å². The summed E-state index contributed by atoms with van der Waals surface area (Å²) in [4.78, 5) is 31.6. The van der Waals surface area contributed by atoms with E-state index in [0.717, 1.165) is 0 Å². The van der Waals surface area contributed by atoms with E-state index in [-0.39, 0.29) is 33.1 Å². The number of carbonyl (C=O) groups excluding carboxylic acids is 2. The fraction of sp³-hybridized carbons (Fsp3) is 0.211. The summed E-state index contributed by atoms with van der Waals surface area (Å²) < 4.78 is 83.3. The molecule has 0 unspecified atom stereocenters. The molecule has 0 saturated heterocycles. The molecule has 1 heterocycles. The first-order valence-electron chi connectivity index (χ1n) is 20.3. The number of carbonyl (C=O) groups is 2. The molecule has 5 rings (SSSR count). The summed E-state index contributed by atoms with van der Waals surface area (Å²) in [6.07, 6.45) is -2.24. The minimum Gasteiger partial charge on any atom is -0.418 e. The lowest BCUT2D eigenvalue weighted by atomic mass is 10.1. The Morgan fingerprint density at radius 2 is 1.32 bits per heavy atom. The summed E-state index contributed by atoms with van der Waals surface area (Å²) in [5.74, 6) is -2.31. The van der Waals surface area contributed by atoms with Gasteiger partial charge in [0.05, 0.1) is 49.1 Å². The third-order valence-corrected chi connectivity index (χ3v) is 8.24. The lowest BCUT2D eigenvalue weighted by Gasteiger charge is -2.23. The van der Waals surface area contributed by atoms with Gasteiger partial charge in [-0.05, 0) is 75.1 Å². The third-order valence-electron chi connectivity index (χ3n) is 7.29. The summed E-state index contributed by atoms with van der Waals surface area (Å²) >= 11 is 12.3. The van der Waals surface area contributed by atoms with Crippen molar-refractivity contribution in [3.05, 3.63) is 140 Å². The van der Waals surface area contributed by atoms with E-state index in [1.54, 1.807) is 19.9 Å². The second-order valence-corrected chi connectivity index (χ2v) is 11.7. The molecule has 6 N–H and O–H groups in total. The lowest BCUT2D eigenvalue weighted by Crippen LogP contribution is -2.52. The van der Waals surface area contributed by atoms with Gasteiger partial charge in [0.2, 0.25) is 23.2 Å². The molecule has 2 amide bonds. The van der Waals surface area contributed by atoms with Crippen molar-refractivity contribution in [2.45, 2.75) is 52.0 Å². The van der Waals surface area contributed by atoms with Crippen LogP contribution in [0, 0.1) is 27.0 Å². The molecule has 0 saturated carbocycles. The predicted molar refractivity (Wildman–Crippen MR) is 204 cm³/mol. The van der Waals surface area contributed by atoms with E-state index < -0.39 is 102 Å². The number of aliphatic hydroxyl groups excluding tert-OH is 2. The van der Waals surface area contributed by atoms with Crippen molar-refractivity contribution in [1.82, 2.24) is 21.0 Å². The molecule has 15 heteroatoms. The minimum atomic E-state index is -1.26. The SMILES string of the molecule is [2H]c1c([2H])c([2H])c(-c2nnc([C@H](Nc3ccc([N+]#[C-])c(Cl)c3C)[C@H](C)O)o2)c([2H])c1[2H].[2H]c1c([2H])c([2H])c(C(=O)NNC(=O)[C@H](Nc2ccc([N+]#[C-])c(Cl)c2C)[C@H](C)O)c([2H])c1[2H]. The van der Waals surface area contributed by atoms with Crippen LogP contribution < -0.4 is 21.5 Å². The van der Waals surface area contributed by atoms with Gasteiger partial charge in [0, 0.05) is 22.5 Å². The Hall–Kier alpha value is -5.96. The van der Waals surface area contributed by atoms with Crippen LogP contribution in [0.1, 0.15) is 61.0 Å². The van der Waals surface area contributed by atoms with Crippen molar-refractivity contribution in [1.29, 1.82) is 0 Å². The van der Waals surface area contributed by atoms with Crippen LogP contribution in [0.15, 0.2) is 89.1 Å². The van der Waals surface area contributed by atoms with Gasteiger partial charge in [-0.25, -0.2) is 9.69 Å². The van der Waals surface area contributed by atoms with E-state index in [9.17, 15) is 19.8 Å². The molecule has 1 aromatic heterocycles. The molecule has 0 bridgehead atoms. The Kier molecular flexibility index (Phi) is 9.66. The van der Waals surface area contributed by atoms with Gasteiger partial charge in [-0.2, -0.15) is 0 Å². The van der Waals surface area contributed by atoms with Crippen LogP contribution in [-0.4, -0.2) is 50.5 Å². The number of nitrogens with zero attached hydrogens (tertiary/aromatic N) is 4. The fourth-order valence-electron chi connectivity index (χ4n) is 4.40. The predicted octanol–water partition coefficient (Wildman–Crippen LogP) is 7.60. The largest absolute Gasteiger partial charge is 0.418 e. The number of aliphatic hydroxyl groups is 2. The highest BCUT2D eigenvalue weighted by Gasteiger charge is 2.26. The quantitative estimate of drug-likeness (QED) is 0.0619. The Balaban J connectivity index is 0.000000277. The van der Waals surface area contributed by atoms with Crippen molar-refractivity contribution in [2.75, 3.05) is 10.6 Å². The number of aromatic nitrogens is 2. The van der Waals surface area contributed by atoms with Crippen LogP contribution in [0.2, 0.25) is 10.0 Å². The molecule has 0 aliphatic heterocycles. The summed E-state index contributed by atoms with van der Waals surface area (Å²) in [7, 11) is 0. The molecule has 0 spiro atoms. The van der Waals surface area contributed by atoms with E-state index >= 15 is 0 Å². The number of anilines is 2. The van der Waals surface area contributed by atoms with Crippen molar-refractivity contribution < 1.29 is 37.9 Å². The summed E-state index contributed by atoms with van der Waals surface area (Å²) in [5, 5.41) is 34.3. The number of amides is 2. The molecule has 0 radical (unpaired) electrons. The maximum absolute atomic E-state index is 12.6. The first-order chi connectivity index (χ1) is 29.5. The maximum atomic E-state index is 12.6. The van der Waals surface area contributed by atoms with Crippen LogP contribution in [0.3, 0.4) is 0 Å². The summed E-state index contributed by atoms with van der Waals surface area (Å²) in [5.41, 5.74) is 5.68. The Morgan fingerprint density at radius 1 is 0.792 bits per heavy atom. The van der Waals surface area contributed by atoms with Gasteiger partial charge in [-0.15, -0.1) is 10.2 Å². The van der Waals surface area contributed by atoms with Gasteiger partial charge in [0.25, 0.3) is 11.8 Å². The molecular formula is C38H36Cl2N8O5. The highest BCUT2D eigenvalue weighted by atomic mass is 35.5. The Bertz CT molecular complexity index is 2650. The van der Waals surface area contributed by atoms with Crippen LogP contribution in [0.25, 0.3) is 21.1 Å². The van der Waals surface area contributed by atoms with Crippen molar-refractivity contribution >= 4 is 57.8 Å². The van der Waals surface area contributed by atoms with E-state index in [1.807, 2.05) is 5.43 Å². The summed E-state index contributed by atoms with van der Waals surface area (Å²) in [6, 6.07) is -2.02. The van der Waals surface area contributed by atoms with Crippen LogP contribution >= 0.6 is 23.2 Å². The average Bonchev–Trinajstić information content (AvgIpc) is 3.73. The second kappa shape index (κ2) is 18.5. The van der Waals surface area contributed by atoms with Gasteiger partial charge in [0.1, 0.15) is 12.1 Å². The average molecular weight is 766 g/mol. The number of rotatable bonds is 10. The smallest absolute Gasteiger partial charge is 0.269 e. The minimum absolute atomic E-state index is 0.0541. The molecule has 0 fully saturated rings. The molecule has 5 aromatic rings. The first-order valence-corrected chi connectivity index (χ1v) is 16.1. The standard InChI is InChI=1S/C19H19ClN4O3.C19H17ClN4O2/c1-11-14(9-10-15(21-3)16(11)20)22-17(12(2)25)19(27)24-23-18(26)13-7-5-4-6-8-13;1-11-14(9-10-15(21-3)16(11)20)22-17(12(2)25)19-24-23-18(26-19)13-7-5-4-6-8-13/h4-10,12,17,22,25H,1-2H3,(H,23,26)(H,24,27);4-10,12,17,22,25H,1-2H3/t2*12-,17+/m00/s1/i2*4D,5D,6D,7D,8D. The number of hydrogen-bond donors (Lipinski definition) is 6. The molecular weight excluding hydrogens is 719 g/mol. The van der Waals surface area contributed by atoms with Crippen LogP contribution in [-0.2, 0) is 4.79 Å². The van der Waals surface area contributed by atoms with Gasteiger partial charge >= 0.3 is 0 Å². The lowest BCUT2D eigenvalue weighted by molar-refractivity contribution is -0.124. The van der Waals surface area contributed by atoms with E-state index in [1.165, 1.54) is 32.0 Å². The number of halogens is 2. The number of nitrogens with one attached hydrogen (secondary N) is 4. The summed E-state index contributed by atoms with van der Waals surface area (Å²) in [6.45, 7) is 20.4. The number of hydrogen-bond acceptors (Lipinski definition) is 9. The van der Waals surface area contributed by atoms with Crippen molar-refractivity contribution in [3.8, 4) is 11.5 Å².